The molecule has 0 aliphatic carbocycles. The summed E-state index contributed by atoms with van der Waals surface area (Å²) in [5.41, 5.74) is 11.4. The highest BCUT2D eigenvalue weighted by atomic mass is 16.5. The Hall–Kier alpha value is -5.11. The zero-order chi connectivity index (χ0) is 27.2. The molecule has 0 aliphatic heterocycles. The molecule has 2 N–H and O–H groups in total. The molecule has 0 radical (unpaired) electrons. The third-order valence-corrected chi connectivity index (χ3v) is 6.08. The first-order chi connectivity index (χ1) is 19.0. The van der Waals surface area contributed by atoms with Gasteiger partial charge in [0.15, 0.2) is 0 Å². The third kappa shape index (κ3) is 6.24. The molecule has 0 saturated heterocycles. The maximum Gasteiger partial charge on any atom is 0.252 e. The van der Waals surface area contributed by atoms with Crippen LogP contribution in [0.5, 0.6) is 11.5 Å². The number of rotatable bonds is 7. The number of benzene rings is 2. The van der Waals surface area contributed by atoms with Gasteiger partial charge in [0.2, 0.25) is 0 Å². The minimum atomic E-state index is -0.484. The zero-order valence-corrected chi connectivity index (χ0v) is 21.8. The number of ether oxygens (including phenoxy) is 2. The van der Waals surface area contributed by atoms with Crippen LogP contribution < -0.4 is 15.2 Å². The second-order valence-corrected chi connectivity index (χ2v) is 9.08. The summed E-state index contributed by atoms with van der Waals surface area (Å²) in [6, 6.07) is 29.6. The summed E-state index contributed by atoms with van der Waals surface area (Å²) in [5, 5.41) is 8.59. The van der Waals surface area contributed by atoms with Crippen molar-refractivity contribution in [3.05, 3.63) is 131 Å². The number of hydrogen-bond acceptors (Lipinski definition) is 5. The number of carbonyl (C=O) groups is 1. The number of primary amides is 1. The molecule has 6 aromatic rings. The molecule has 1 amide bonds. The molecule has 0 bridgehead atoms. The Morgan fingerprint density at radius 3 is 1.90 bits per heavy atom. The molecule has 0 saturated carbocycles. The Kier molecular flexibility index (Phi) is 7.54. The first-order valence-electron chi connectivity index (χ1n) is 12.5. The van der Waals surface area contributed by atoms with Gasteiger partial charge in [0.1, 0.15) is 24.7 Å². The lowest BCUT2D eigenvalue weighted by Gasteiger charge is -2.06. The van der Waals surface area contributed by atoms with Gasteiger partial charge in [-0.25, -0.2) is 9.03 Å². The number of nitrogens with zero attached hydrogens (tertiary/aromatic N) is 4. The van der Waals surface area contributed by atoms with E-state index in [1.165, 1.54) is 5.56 Å². The minimum Gasteiger partial charge on any atom is -0.489 e. The van der Waals surface area contributed by atoms with E-state index in [0.717, 1.165) is 22.5 Å². The van der Waals surface area contributed by atoms with E-state index in [9.17, 15) is 4.79 Å². The molecular weight excluding hydrogens is 490 g/mol. The average molecular weight is 520 g/mol. The summed E-state index contributed by atoms with van der Waals surface area (Å²) >= 11 is 0. The van der Waals surface area contributed by atoms with Gasteiger partial charge in [-0.2, -0.15) is 10.2 Å². The Bertz CT molecular complexity index is 1710. The quantitative estimate of drug-likeness (QED) is 0.299. The molecule has 4 heterocycles. The van der Waals surface area contributed by atoms with E-state index in [1.54, 1.807) is 23.7 Å². The number of carbonyl (C=O) groups excluding carboxylic acids is 1. The SMILES string of the molecule is Cc1cc2cc(OCc3ccccc3)ccn2n1.Cc1nn2ccc(OCc3ccccc3)cc2c1C(N)=O. The second-order valence-electron chi connectivity index (χ2n) is 9.08. The van der Waals surface area contributed by atoms with Gasteiger partial charge in [-0.3, -0.25) is 4.79 Å². The van der Waals surface area contributed by atoms with Gasteiger partial charge in [0.05, 0.1) is 28.0 Å². The summed E-state index contributed by atoms with van der Waals surface area (Å²) < 4.78 is 15.0. The standard InChI is InChI=1S/C16H15N3O2.C15H14N2O/c1-11-15(16(17)20)14-9-13(7-8-19(14)18-11)21-10-12-5-3-2-4-6-12;1-12-9-14-10-15(7-8-17(14)16-12)18-11-13-5-3-2-4-6-13/h2-9H,10H2,1H3,(H2,17,20);2-10H,11H2,1H3. The fraction of sp³-hybridized carbons (Fsp3) is 0.129. The molecular formula is C31H29N5O3. The van der Waals surface area contributed by atoms with Crippen LogP contribution in [0.1, 0.15) is 32.9 Å². The lowest BCUT2D eigenvalue weighted by atomic mass is 10.2. The third-order valence-electron chi connectivity index (χ3n) is 6.08. The van der Waals surface area contributed by atoms with Crippen LogP contribution in [0.25, 0.3) is 11.0 Å². The van der Waals surface area contributed by atoms with E-state index in [4.69, 9.17) is 15.2 Å². The Balaban J connectivity index is 0.000000160. The van der Waals surface area contributed by atoms with E-state index >= 15 is 0 Å². The lowest BCUT2D eigenvalue weighted by molar-refractivity contribution is 0.100. The number of fused-ring (bicyclic) bond motifs is 2. The molecule has 4 aromatic heterocycles. The molecule has 2 aromatic carbocycles. The fourth-order valence-corrected chi connectivity index (χ4v) is 4.21. The molecule has 196 valence electrons. The van der Waals surface area contributed by atoms with Gasteiger partial charge in [-0.1, -0.05) is 60.7 Å². The number of aryl methyl sites for hydroxylation is 2. The number of amides is 1. The van der Waals surface area contributed by atoms with Crippen molar-refractivity contribution in [3.8, 4) is 11.5 Å². The smallest absolute Gasteiger partial charge is 0.252 e. The molecule has 0 spiro atoms. The van der Waals surface area contributed by atoms with Crippen LogP contribution in [0.2, 0.25) is 0 Å². The zero-order valence-electron chi connectivity index (χ0n) is 21.8. The van der Waals surface area contributed by atoms with Crippen LogP contribution >= 0.6 is 0 Å². The summed E-state index contributed by atoms with van der Waals surface area (Å²) in [7, 11) is 0. The van der Waals surface area contributed by atoms with Crippen LogP contribution in [0.15, 0.2) is 103 Å². The number of aromatic nitrogens is 4. The first-order valence-corrected chi connectivity index (χ1v) is 12.5. The van der Waals surface area contributed by atoms with Crippen molar-refractivity contribution in [2.45, 2.75) is 27.1 Å². The Labute approximate surface area is 226 Å². The van der Waals surface area contributed by atoms with Gasteiger partial charge in [-0.05, 0) is 43.2 Å². The second kappa shape index (κ2) is 11.5. The van der Waals surface area contributed by atoms with Gasteiger partial charge in [-0.15, -0.1) is 0 Å². The first kappa shape index (κ1) is 25.5. The molecule has 6 rings (SSSR count). The van der Waals surface area contributed by atoms with Gasteiger partial charge in [0, 0.05) is 24.5 Å². The number of hydrogen-bond donors (Lipinski definition) is 1. The van der Waals surface area contributed by atoms with Crippen molar-refractivity contribution in [2.75, 3.05) is 0 Å². The highest BCUT2D eigenvalue weighted by Crippen LogP contribution is 2.21. The van der Waals surface area contributed by atoms with Gasteiger partial charge >= 0.3 is 0 Å². The normalized spacial score (nSPS) is 10.7. The maximum atomic E-state index is 11.5. The van der Waals surface area contributed by atoms with Gasteiger partial charge in [0.25, 0.3) is 5.91 Å². The monoisotopic (exact) mass is 519 g/mol. The van der Waals surface area contributed by atoms with Gasteiger partial charge < -0.3 is 15.2 Å². The van der Waals surface area contributed by atoms with E-state index in [1.807, 2.05) is 90.4 Å². The van der Waals surface area contributed by atoms with Crippen molar-refractivity contribution < 1.29 is 14.3 Å². The van der Waals surface area contributed by atoms with E-state index in [-0.39, 0.29) is 0 Å². The largest absolute Gasteiger partial charge is 0.489 e. The molecule has 0 atom stereocenters. The summed E-state index contributed by atoms with van der Waals surface area (Å²) in [5.74, 6) is 1.06. The fourth-order valence-electron chi connectivity index (χ4n) is 4.21. The van der Waals surface area contributed by atoms with Crippen molar-refractivity contribution in [1.82, 2.24) is 19.2 Å². The van der Waals surface area contributed by atoms with E-state index < -0.39 is 5.91 Å². The number of pyridine rings is 2. The molecule has 8 heteroatoms. The predicted octanol–water partition coefficient (Wildman–Crippen LogP) is 5.54. The Morgan fingerprint density at radius 1 is 0.744 bits per heavy atom. The van der Waals surface area contributed by atoms with Crippen LogP contribution in [0, 0.1) is 13.8 Å². The molecule has 0 aliphatic rings. The van der Waals surface area contributed by atoms with Crippen LogP contribution in [0.4, 0.5) is 0 Å². The van der Waals surface area contributed by atoms with Crippen LogP contribution in [0.3, 0.4) is 0 Å². The van der Waals surface area contributed by atoms with Crippen LogP contribution in [-0.4, -0.2) is 25.1 Å². The predicted molar refractivity (Wildman–Crippen MR) is 150 cm³/mol. The molecule has 0 fully saturated rings. The highest BCUT2D eigenvalue weighted by Gasteiger charge is 2.14. The van der Waals surface area contributed by atoms with Crippen molar-refractivity contribution >= 4 is 16.9 Å². The lowest BCUT2D eigenvalue weighted by Crippen LogP contribution is -2.11. The summed E-state index contributed by atoms with van der Waals surface area (Å²) in [6.07, 6.45) is 3.68. The maximum absolute atomic E-state index is 11.5. The molecule has 0 unspecified atom stereocenters. The Morgan fingerprint density at radius 2 is 1.31 bits per heavy atom. The molecule has 8 nitrogen and oxygen atoms in total. The van der Waals surface area contributed by atoms with Crippen molar-refractivity contribution in [1.29, 1.82) is 0 Å². The number of nitrogens with two attached hydrogens (primary N) is 1. The summed E-state index contributed by atoms with van der Waals surface area (Å²) in [6.45, 7) is 4.80. The highest BCUT2D eigenvalue weighted by molar-refractivity contribution is 6.01. The van der Waals surface area contributed by atoms with E-state index in [0.29, 0.717) is 35.7 Å². The summed E-state index contributed by atoms with van der Waals surface area (Å²) in [4.78, 5) is 11.5. The average Bonchev–Trinajstić information content (AvgIpc) is 3.49. The van der Waals surface area contributed by atoms with Crippen molar-refractivity contribution in [2.24, 2.45) is 5.73 Å². The minimum absolute atomic E-state index is 0.431. The van der Waals surface area contributed by atoms with Crippen molar-refractivity contribution in [3.63, 3.8) is 0 Å². The van der Waals surface area contributed by atoms with Crippen LogP contribution in [-0.2, 0) is 13.2 Å². The molecule has 39 heavy (non-hydrogen) atoms. The topological polar surface area (TPSA) is 96.2 Å². The van der Waals surface area contributed by atoms with E-state index in [2.05, 4.69) is 22.3 Å².